The molecular formula is C5H11FNaO5P. The summed E-state index contributed by atoms with van der Waals surface area (Å²) in [4.78, 5) is 24.2. The number of ether oxygens (including phenoxy) is 1. The fraction of sp³-hybridized carbons (Fsp3) is 0.800. The Morgan fingerprint density at radius 2 is 1.69 bits per heavy atom. The summed E-state index contributed by atoms with van der Waals surface area (Å²) in [7, 11) is -5.14. The molecule has 0 amide bonds. The van der Waals surface area contributed by atoms with Gasteiger partial charge in [0.05, 0.1) is 0 Å². The zero-order valence-corrected chi connectivity index (χ0v) is 10.8. The first kappa shape index (κ1) is 16.0. The van der Waals surface area contributed by atoms with E-state index in [0.717, 1.165) is 0 Å². The second kappa shape index (κ2) is 6.11. The van der Waals surface area contributed by atoms with Crippen LogP contribution in [0.4, 0.5) is 8.99 Å². The molecule has 0 unspecified atom stereocenters. The quantitative estimate of drug-likeness (QED) is 0.476. The van der Waals surface area contributed by atoms with Gasteiger partial charge in [-0.15, -0.1) is 4.20 Å². The van der Waals surface area contributed by atoms with Gasteiger partial charge in [-0.25, -0.2) is 4.57 Å². The third-order valence-corrected chi connectivity index (χ3v) is 0.654. The normalized spacial score (nSPS) is 11.4. The minimum absolute atomic E-state index is 0.0856. The maximum absolute atomic E-state index is 10.4. The number of halogens is 1. The van der Waals surface area contributed by atoms with Crippen LogP contribution in [-0.4, -0.2) is 46.5 Å². The topological polar surface area (TPSA) is 83.8 Å². The van der Waals surface area contributed by atoms with Crippen LogP contribution in [0.25, 0.3) is 0 Å². The van der Waals surface area contributed by atoms with Crippen LogP contribution in [0.2, 0.25) is 0 Å². The summed E-state index contributed by atoms with van der Waals surface area (Å²) >= 11 is 0.489. The van der Waals surface area contributed by atoms with E-state index in [-0.39, 0.29) is 8.82 Å². The Balaban J connectivity index is 0. The molecule has 0 aliphatic heterocycles. The summed E-state index contributed by atoms with van der Waals surface area (Å²) < 4.78 is 23.8. The van der Waals surface area contributed by atoms with Gasteiger partial charge in [0.2, 0.25) is 0 Å². The average Bonchev–Trinajstić information content (AvgIpc) is 1.47. The second-order valence-corrected chi connectivity index (χ2v) is 4.94. The minimum Gasteiger partial charge on any atom is -0.299 e. The van der Waals surface area contributed by atoms with Crippen molar-refractivity contribution in [2.45, 2.75) is 26.4 Å². The smallest absolute Gasteiger partial charge is 0.299 e. The maximum atomic E-state index is 10.4. The molecule has 5 nitrogen and oxygen atoms in total. The first-order valence-corrected chi connectivity index (χ1v) is 5.87. The van der Waals surface area contributed by atoms with Crippen molar-refractivity contribution in [1.82, 2.24) is 0 Å². The van der Waals surface area contributed by atoms with E-state index in [9.17, 15) is 8.99 Å². The minimum atomic E-state index is -5.14. The molecule has 0 saturated heterocycles. The van der Waals surface area contributed by atoms with E-state index in [2.05, 4.69) is 0 Å². The van der Waals surface area contributed by atoms with E-state index in [4.69, 9.17) is 19.1 Å². The van der Waals surface area contributed by atoms with Crippen LogP contribution in [-0.2, 0) is 9.30 Å². The van der Waals surface area contributed by atoms with E-state index in [0.29, 0.717) is 27.9 Å². The van der Waals surface area contributed by atoms with Crippen LogP contribution in [0.15, 0.2) is 0 Å². The van der Waals surface area contributed by atoms with Crippen molar-refractivity contribution in [3.63, 3.8) is 0 Å². The fourth-order valence-electron chi connectivity index (χ4n) is 0.431. The Hall–Kier alpha value is 0.550. The fourth-order valence-corrected chi connectivity index (χ4v) is 1.04. The van der Waals surface area contributed by atoms with Gasteiger partial charge in [0.1, 0.15) is 0 Å². The van der Waals surface area contributed by atoms with Gasteiger partial charge in [-0.2, -0.15) is 0 Å². The number of rotatable bonds is 0. The van der Waals surface area contributed by atoms with Gasteiger partial charge in [0.15, 0.2) is 0 Å². The molecule has 0 aliphatic rings. The van der Waals surface area contributed by atoms with Gasteiger partial charge in [-0.05, 0) is 0 Å². The van der Waals surface area contributed by atoms with Crippen molar-refractivity contribution < 1.29 is 28.1 Å². The first-order valence-electron chi connectivity index (χ1n) is 3.36. The Morgan fingerprint density at radius 3 is 1.69 bits per heavy atom. The summed E-state index contributed by atoms with van der Waals surface area (Å²) in [5.74, 6) is 0. The van der Waals surface area contributed by atoms with E-state index >= 15 is 0 Å². The molecule has 8 heteroatoms. The summed E-state index contributed by atoms with van der Waals surface area (Å²) in [6, 6.07) is 0. The molecule has 0 fully saturated rings. The zero-order chi connectivity index (χ0) is 11.3. The van der Waals surface area contributed by atoms with Crippen molar-refractivity contribution >= 4 is 39.1 Å². The van der Waals surface area contributed by atoms with E-state index < -0.39 is 7.91 Å². The van der Waals surface area contributed by atoms with Crippen molar-refractivity contribution in [3.8, 4) is 0 Å². The standard InChI is InChI=1S/C5H9O2.FH2O3P.Na/c1-5(2,3)7-4-6;1-5(2,3)4;/h1-3H3;(H2,2,3,4);. The predicted molar refractivity (Wildman–Crippen MR) is 45.1 cm³/mol. The summed E-state index contributed by atoms with van der Waals surface area (Å²) in [5, 5.41) is 0. The summed E-state index contributed by atoms with van der Waals surface area (Å²) in [6.07, 6.45) is 0. The van der Waals surface area contributed by atoms with Crippen LogP contribution in [0.1, 0.15) is 20.8 Å². The molecule has 74 valence electrons. The SMILES string of the molecule is CC(C)(C)O[C](=O)[Na].O=P(O)(O)F. The van der Waals surface area contributed by atoms with E-state index in [1.807, 2.05) is 20.8 Å². The molecule has 2 N–H and O–H groups in total. The molecule has 0 atom stereocenters. The molecule has 0 aromatic heterocycles. The predicted octanol–water partition coefficient (Wildman–Crippen LogP) is 1.14. The van der Waals surface area contributed by atoms with Crippen molar-refractivity contribution in [2.75, 3.05) is 0 Å². The molecule has 13 heavy (non-hydrogen) atoms. The molecule has 0 aromatic carbocycles. The summed E-state index contributed by atoms with van der Waals surface area (Å²) in [6.45, 7) is 5.59. The second-order valence-electron chi connectivity index (χ2n) is 3.18. The molecule has 0 saturated carbocycles. The van der Waals surface area contributed by atoms with E-state index in [1.54, 1.807) is 0 Å². The maximum Gasteiger partial charge on any atom is 0.507 e. The Kier molecular flexibility index (Phi) is 7.52. The summed E-state index contributed by atoms with van der Waals surface area (Å²) in [5.41, 5.74) is -0.293. The van der Waals surface area contributed by atoms with Gasteiger partial charge < -0.3 is 0 Å². The van der Waals surface area contributed by atoms with Crippen molar-refractivity contribution in [3.05, 3.63) is 0 Å². The van der Waals surface area contributed by atoms with Crippen LogP contribution in [0, 0.1) is 0 Å². The molecule has 0 heterocycles. The molecule has 0 aromatic rings. The van der Waals surface area contributed by atoms with Gasteiger partial charge in [0.25, 0.3) is 0 Å². The van der Waals surface area contributed by atoms with Crippen LogP contribution in [0.5, 0.6) is 0 Å². The number of hydrogen-bond acceptors (Lipinski definition) is 3. The van der Waals surface area contributed by atoms with Crippen molar-refractivity contribution in [2.24, 2.45) is 0 Å². The zero-order valence-electron chi connectivity index (χ0n) is 7.94. The number of carbonyl (C=O) groups is 1. The molecule has 0 radical (unpaired) electrons. The molecule has 0 rings (SSSR count). The molecule has 0 aliphatic carbocycles. The first-order chi connectivity index (χ1) is 5.42. The van der Waals surface area contributed by atoms with Gasteiger partial charge in [-0.1, -0.05) is 0 Å². The molecule has 0 bridgehead atoms. The third kappa shape index (κ3) is 45.3. The number of hydrogen-bond donors (Lipinski definition) is 2. The Bertz CT molecular complexity index is 199. The van der Waals surface area contributed by atoms with Crippen LogP contribution in [0.3, 0.4) is 0 Å². The monoisotopic (exact) mass is 224 g/mol. The van der Waals surface area contributed by atoms with Crippen LogP contribution < -0.4 is 0 Å². The third-order valence-electron chi connectivity index (χ3n) is 0.450. The van der Waals surface area contributed by atoms with Crippen molar-refractivity contribution in [1.29, 1.82) is 0 Å². The van der Waals surface area contributed by atoms with Gasteiger partial charge in [-0.3, -0.25) is 9.79 Å². The van der Waals surface area contributed by atoms with Crippen LogP contribution >= 0.6 is 7.91 Å². The molecule has 0 spiro atoms. The van der Waals surface area contributed by atoms with Gasteiger partial charge in [0, 0.05) is 0 Å². The Morgan fingerprint density at radius 1 is 1.46 bits per heavy atom. The average molecular weight is 224 g/mol. The van der Waals surface area contributed by atoms with E-state index in [1.165, 1.54) is 0 Å². The molecular weight excluding hydrogens is 213 g/mol. The largest absolute Gasteiger partial charge is 0.507 e. The number of carbonyl (C=O) groups excluding carboxylic acids is 1. The van der Waals surface area contributed by atoms with Gasteiger partial charge >= 0.3 is 75.0 Å². The Labute approximate surface area is 93.4 Å².